The fourth-order valence-corrected chi connectivity index (χ4v) is 17.0. The molecule has 4 aliphatic carbocycles. The summed E-state index contributed by atoms with van der Waals surface area (Å²) in [6, 6.07) is 0. The Balaban J connectivity index is 0.818. The van der Waals surface area contributed by atoms with Crippen LogP contribution in [0.5, 0.6) is 0 Å². The van der Waals surface area contributed by atoms with Gasteiger partial charge in [0.2, 0.25) is 0 Å². The zero-order chi connectivity index (χ0) is 60.1. The van der Waals surface area contributed by atoms with E-state index >= 15 is 0 Å². The third-order valence-electron chi connectivity index (χ3n) is 21.9. The molecule has 8 fully saturated rings. The van der Waals surface area contributed by atoms with Crippen LogP contribution in [0.1, 0.15) is 152 Å². The number of ether oxygens (including phenoxy) is 10. The second-order valence-electron chi connectivity index (χ2n) is 28.2. The fraction of sp³-hybridized carbons (Fsp3) is 0.935. The van der Waals surface area contributed by atoms with Crippen LogP contribution in [-0.2, 0) is 47.4 Å². The number of fused-ring (bicyclic) bond motifs is 5. The number of hydrogen-bond acceptors (Lipinski definition) is 21. The molecule has 11 N–H and O–H groups in total. The van der Waals surface area contributed by atoms with Crippen molar-refractivity contribution in [3.63, 3.8) is 0 Å². The number of allylic oxidation sites excluding steroid dienone is 1. The maximum atomic E-state index is 11.6. The van der Waals surface area contributed by atoms with Crippen LogP contribution in [-0.4, -0.2) is 218 Å². The summed E-state index contributed by atoms with van der Waals surface area (Å²) in [6.07, 6.45) is -1.64. The van der Waals surface area contributed by atoms with Crippen molar-refractivity contribution in [1.29, 1.82) is 0 Å². The van der Waals surface area contributed by atoms with Crippen LogP contribution in [0.3, 0.4) is 0 Å². The predicted octanol–water partition coefficient (Wildman–Crippen LogP) is 2.69. The topological polar surface area (TPSA) is 315 Å². The molecule has 5 aliphatic heterocycles. The number of aliphatic hydroxyl groups is 11. The third kappa shape index (κ3) is 13.4. The molecule has 0 spiro atoms. The summed E-state index contributed by atoms with van der Waals surface area (Å²) in [5, 5.41) is 117. The van der Waals surface area contributed by atoms with E-state index in [0.29, 0.717) is 32.1 Å². The minimum absolute atomic E-state index is 0.0000757. The molecule has 476 valence electrons. The molecule has 0 bridgehead atoms. The minimum atomic E-state index is -1.47. The minimum Gasteiger partial charge on any atom is -0.394 e. The van der Waals surface area contributed by atoms with E-state index < -0.39 is 135 Å². The molecule has 9 rings (SSSR count). The Hall–Kier alpha value is -1.54. The summed E-state index contributed by atoms with van der Waals surface area (Å²) in [4.78, 5) is 0. The first kappa shape index (κ1) is 65.9. The second kappa shape index (κ2) is 26.5. The lowest BCUT2D eigenvalue weighted by molar-refractivity contribution is -0.355. The standard InChI is InChI=1S/C62H102O21/c1-10-62-18-17-39(33(3)11-15-48(59(6,7)73)82-57-53(45(69)25-36(29-65)79-57)83-56-52(72)43(67)24-35(28-64)78-56)61(62,9)20-19-60(8)41-13-16-47(58(4,5)40(41)12-14-46(60)62)81-55-51(71)44(68)26-38(80-55)30-74-49-22-32(2)21-37(76-49)31-75-54-50(70)42(66)23-34(27-63)77-54/h1,12,32-39,41-57,63-73H,11,13-31H2,2-9H3/t32-,33+,34-,35-,36-,37-,38-,39?,41?,42-,43-,44-,45-,46?,47-,48+,49-,50+,51+,52+,53?,54+,55-,56-,57-,60-,61+,62-/m0/s1. The summed E-state index contributed by atoms with van der Waals surface area (Å²) in [5.74, 6) is 4.65. The molecule has 9 aliphatic rings. The molecule has 5 saturated heterocycles. The maximum Gasteiger partial charge on any atom is 0.187 e. The maximum absolute atomic E-state index is 11.6. The van der Waals surface area contributed by atoms with Gasteiger partial charge in [-0.05, 0) is 118 Å². The first-order valence-corrected chi connectivity index (χ1v) is 31.2. The molecule has 0 radical (unpaired) electrons. The Labute approximate surface area is 490 Å². The van der Waals surface area contributed by atoms with Gasteiger partial charge in [0.05, 0.1) is 106 Å². The van der Waals surface area contributed by atoms with Crippen molar-refractivity contribution in [1.82, 2.24) is 0 Å². The summed E-state index contributed by atoms with van der Waals surface area (Å²) in [6.45, 7) is 16.0. The molecular formula is C62H102O21. The van der Waals surface area contributed by atoms with E-state index in [-0.39, 0.29) is 104 Å². The Bertz CT molecular complexity index is 2190. The van der Waals surface area contributed by atoms with Crippen molar-refractivity contribution in [3.8, 4) is 12.3 Å². The molecular weight excluding hydrogens is 1080 g/mol. The highest BCUT2D eigenvalue weighted by molar-refractivity contribution is 5.34. The van der Waals surface area contributed by atoms with Gasteiger partial charge in [-0.15, -0.1) is 6.42 Å². The number of aliphatic hydroxyl groups excluding tert-OH is 10. The van der Waals surface area contributed by atoms with Crippen molar-refractivity contribution < 1.29 is 104 Å². The molecule has 28 atom stereocenters. The fourth-order valence-electron chi connectivity index (χ4n) is 17.0. The van der Waals surface area contributed by atoms with Gasteiger partial charge >= 0.3 is 0 Å². The largest absolute Gasteiger partial charge is 0.394 e. The summed E-state index contributed by atoms with van der Waals surface area (Å²) < 4.78 is 61.8. The quantitative estimate of drug-likeness (QED) is 0.0617. The number of rotatable bonds is 20. The van der Waals surface area contributed by atoms with Crippen LogP contribution < -0.4 is 0 Å². The number of hydrogen-bond donors (Lipinski definition) is 11. The summed E-state index contributed by atoms with van der Waals surface area (Å²) in [5.41, 5.74) is -1.13. The van der Waals surface area contributed by atoms with Gasteiger partial charge in [-0.3, -0.25) is 0 Å². The van der Waals surface area contributed by atoms with Crippen LogP contribution >= 0.6 is 0 Å². The van der Waals surface area contributed by atoms with E-state index in [2.05, 4.69) is 53.5 Å². The monoisotopic (exact) mass is 1180 g/mol. The van der Waals surface area contributed by atoms with Gasteiger partial charge in [0.1, 0.15) is 24.4 Å². The molecule has 3 saturated carbocycles. The van der Waals surface area contributed by atoms with E-state index in [9.17, 15) is 56.2 Å². The van der Waals surface area contributed by atoms with E-state index in [1.807, 2.05) is 0 Å². The Morgan fingerprint density at radius 3 is 1.83 bits per heavy atom. The highest BCUT2D eigenvalue weighted by Gasteiger charge is 2.69. The SMILES string of the molecule is C#C[C@@]12CCC([C@H](C)CC[C@@H](O[C@@H]3O[C@H](CO)C[C@H](O)C3O[C@@H]3O[C@H](CO)C[C@H](O)[C@H]3O)C(C)(C)O)[C@@]1(C)CC[C@@]1(C)C3CC[C@H](O[C@@H]4O[C@H](CO[C@@H]5C[C@@H](C)C[C@@H](CO[C@@H]6O[C@H](CO)C[C@H](O)[C@H]6O)O5)C[C@H](O)[C@H]4O)C(C)(C)C3=CCC12. The van der Waals surface area contributed by atoms with E-state index in [4.69, 9.17) is 53.8 Å². The number of terminal acetylenes is 1. The zero-order valence-electron chi connectivity index (χ0n) is 50.2. The average Bonchev–Trinajstić information content (AvgIpc) is 2.34. The summed E-state index contributed by atoms with van der Waals surface area (Å²) >= 11 is 0. The highest BCUT2D eigenvalue weighted by atomic mass is 16.8. The third-order valence-corrected chi connectivity index (χ3v) is 21.9. The molecule has 21 nitrogen and oxygen atoms in total. The molecule has 5 heterocycles. The van der Waals surface area contributed by atoms with Crippen molar-refractivity contribution in [3.05, 3.63) is 11.6 Å². The van der Waals surface area contributed by atoms with Gasteiger partial charge < -0.3 is 104 Å². The Kier molecular flexibility index (Phi) is 21.0. The molecule has 21 heteroatoms. The van der Waals surface area contributed by atoms with Crippen molar-refractivity contribution in [2.45, 2.75) is 280 Å². The van der Waals surface area contributed by atoms with Gasteiger partial charge in [0, 0.05) is 42.9 Å². The lowest BCUT2D eigenvalue weighted by Gasteiger charge is -2.65. The second-order valence-corrected chi connectivity index (χ2v) is 28.2. The van der Waals surface area contributed by atoms with Crippen LogP contribution in [0.2, 0.25) is 0 Å². The van der Waals surface area contributed by atoms with E-state index in [1.165, 1.54) is 5.57 Å². The predicted molar refractivity (Wildman–Crippen MR) is 297 cm³/mol. The molecule has 0 amide bonds. The van der Waals surface area contributed by atoms with Gasteiger partial charge in [-0.25, -0.2) is 0 Å². The first-order chi connectivity index (χ1) is 39.2. The summed E-state index contributed by atoms with van der Waals surface area (Å²) in [7, 11) is 0. The van der Waals surface area contributed by atoms with Crippen molar-refractivity contribution in [2.75, 3.05) is 33.0 Å². The smallest absolute Gasteiger partial charge is 0.187 e. The highest BCUT2D eigenvalue weighted by Crippen LogP contribution is 2.75. The molecule has 83 heavy (non-hydrogen) atoms. The van der Waals surface area contributed by atoms with Crippen LogP contribution in [0.15, 0.2) is 11.6 Å². The Morgan fingerprint density at radius 2 is 1.20 bits per heavy atom. The molecule has 0 aromatic carbocycles. The van der Waals surface area contributed by atoms with Crippen molar-refractivity contribution >= 4 is 0 Å². The van der Waals surface area contributed by atoms with Gasteiger partial charge in [0.25, 0.3) is 0 Å². The first-order valence-electron chi connectivity index (χ1n) is 31.2. The normalized spacial score (nSPS) is 48.2. The zero-order valence-corrected chi connectivity index (χ0v) is 50.2. The Morgan fingerprint density at radius 1 is 0.651 bits per heavy atom. The molecule has 4 unspecified atom stereocenters. The van der Waals surface area contributed by atoms with Gasteiger partial charge in [-0.2, -0.15) is 0 Å². The van der Waals surface area contributed by atoms with Crippen molar-refractivity contribution in [2.24, 2.45) is 51.2 Å². The van der Waals surface area contributed by atoms with Crippen LogP contribution in [0.4, 0.5) is 0 Å². The van der Waals surface area contributed by atoms with E-state index in [0.717, 1.165) is 38.5 Å². The lowest BCUT2D eigenvalue weighted by Crippen LogP contribution is -2.60. The lowest BCUT2D eigenvalue weighted by atomic mass is 9.39. The van der Waals surface area contributed by atoms with Crippen LogP contribution in [0, 0.1) is 63.6 Å². The van der Waals surface area contributed by atoms with Crippen LogP contribution in [0.25, 0.3) is 0 Å². The van der Waals surface area contributed by atoms with Gasteiger partial charge in [0.15, 0.2) is 31.5 Å². The molecule has 0 aromatic heterocycles. The average molecular weight is 1180 g/mol. The van der Waals surface area contributed by atoms with Gasteiger partial charge in [-0.1, -0.05) is 59.1 Å². The van der Waals surface area contributed by atoms with E-state index in [1.54, 1.807) is 13.8 Å². The molecule has 0 aromatic rings.